The third-order valence-corrected chi connectivity index (χ3v) is 4.46. The number of fused-ring (bicyclic) bond motifs is 1. The molecule has 7 heteroatoms. The number of amides is 1. The average molecular weight is 330 g/mol. The average Bonchev–Trinajstić information content (AvgIpc) is 3.08. The lowest BCUT2D eigenvalue weighted by molar-refractivity contribution is -0.135. The standard InChI is InChI=1S/C17H22N4O3/c1-20(9-12-4-6-14(23-2)8-15(12)24-3)17(22)13-5-7-16-19-18-11-21(16)10-13/h4,6,8,11,13H,5,7,9-10H2,1-3H3. The second-order valence-corrected chi connectivity index (χ2v) is 6.01. The minimum Gasteiger partial charge on any atom is -0.497 e. The summed E-state index contributed by atoms with van der Waals surface area (Å²) in [5.41, 5.74) is 0.954. The van der Waals surface area contributed by atoms with E-state index in [-0.39, 0.29) is 11.8 Å². The van der Waals surface area contributed by atoms with Crippen molar-refractivity contribution in [3.63, 3.8) is 0 Å². The van der Waals surface area contributed by atoms with Crippen LogP contribution in [0.5, 0.6) is 11.5 Å². The maximum atomic E-state index is 12.8. The van der Waals surface area contributed by atoms with Gasteiger partial charge in [0.25, 0.3) is 0 Å². The molecule has 0 aliphatic carbocycles. The van der Waals surface area contributed by atoms with Crippen molar-refractivity contribution in [2.75, 3.05) is 21.3 Å². The van der Waals surface area contributed by atoms with Gasteiger partial charge in [-0.05, 0) is 18.6 Å². The first-order valence-electron chi connectivity index (χ1n) is 7.95. The monoisotopic (exact) mass is 330 g/mol. The maximum Gasteiger partial charge on any atom is 0.227 e. The van der Waals surface area contributed by atoms with Crippen molar-refractivity contribution in [2.45, 2.75) is 25.9 Å². The van der Waals surface area contributed by atoms with Gasteiger partial charge in [0.05, 0.1) is 20.1 Å². The summed E-state index contributed by atoms with van der Waals surface area (Å²) < 4.78 is 12.6. The molecule has 0 saturated carbocycles. The number of nitrogens with zero attached hydrogens (tertiary/aromatic N) is 4. The number of aromatic nitrogens is 3. The van der Waals surface area contributed by atoms with Crippen LogP contribution in [-0.4, -0.2) is 46.8 Å². The summed E-state index contributed by atoms with van der Waals surface area (Å²) in [7, 11) is 5.06. The Morgan fingerprint density at radius 1 is 1.38 bits per heavy atom. The van der Waals surface area contributed by atoms with Crippen molar-refractivity contribution in [1.29, 1.82) is 0 Å². The molecule has 0 spiro atoms. The number of aryl methyl sites for hydroxylation is 1. The Labute approximate surface area is 141 Å². The van der Waals surface area contributed by atoms with E-state index in [2.05, 4.69) is 10.2 Å². The fourth-order valence-electron chi connectivity index (χ4n) is 3.09. The van der Waals surface area contributed by atoms with Crippen LogP contribution >= 0.6 is 0 Å². The molecule has 1 aromatic carbocycles. The third-order valence-electron chi connectivity index (χ3n) is 4.46. The SMILES string of the molecule is COc1ccc(CN(C)C(=O)C2CCc3nncn3C2)c(OC)c1. The number of carbonyl (C=O) groups is 1. The van der Waals surface area contributed by atoms with Crippen LogP contribution in [0.1, 0.15) is 17.8 Å². The smallest absolute Gasteiger partial charge is 0.227 e. The lowest BCUT2D eigenvalue weighted by atomic mass is 9.97. The third kappa shape index (κ3) is 3.20. The molecule has 7 nitrogen and oxygen atoms in total. The largest absolute Gasteiger partial charge is 0.497 e. The van der Waals surface area contributed by atoms with E-state index in [0.717, 1.165) is 35.7 Å². The predicted molar refractivity (Wildman–Crippen MR) is 87.9 cm³/mol. The quantitative estimate of drug-likeness (QED) is 0.831. The van der Waals surface area contributed by atoms with Crippen LogP contribution in [0.2, 0.25) is 0 Å². The highest BCUT2D eigenvalue weighted by Gasteiger charge is 2.28. The highest BCUT2D eigenvalue weighted by Crippen LogP contribution is 2.27. The van der Waals surface area contributed by atoms with E-state index in [9.17, 15) is 4.79 Å². The first kappa shape index (κ1) is 16.3. The van der Waals surface area contributed by atoms with E-state index in [0.29, 0.717) is 13.1 Å². The second-order valence-electron chi connectivity index (χ2n) is 6.01. The number of hydrogen-bond acceptors (Lipinski definition) is 5. The van der Waals surface area contributed by atoms with Crippen LogP contribution in [-0.2, 0) is 24.3 Å². The molecule has 0 radical (unpaired) electrons. The van der Waals surface area contributed by atoms with E-state index in [1.807, 2.05) is 29.8 Å². The topological polar surface area (TPSA) is 69.5 Å². The Bertz CT molecular complexity index is 728. The van der Waals surface area contributed by atoms with Gasteiger partial charge in [-0.15, -0.1) is 10.2 Å². The van der Waals surface area contributed by atoms with Gasteiger partial charge in [0.15, 0.2) is 0 Å². The summed E-state index contributed by atoms with van der Waals surface area (Å²) >= 11 is 0. The molecular formula is C17H22N4O3. The Morgan fingerprint density at radius 3 is 2.96 bits per heavy atom. The first-order chi connectivity index (χ1) is 11.6. The zero-order valence-corrected chi connectivity index (χ0v) is 14.2. The van der Waals surface area contributed by atoms with Crippen molar-refractivity contribution in [3.05, 3.63) is 35.9 Å². The van der Waals surface area contributed by atoms with Crippen LogP contribution in [0, 0.1) is 5.92 Å². The normalized spacial score (nSPS) is 16.4. The summed E-state index contributed by atoms with van der Waals surface area (Å²) in [6.45, 7) is 1.14. The van der Waals surface area contributed by atoms with Gasteiger partial charge in [0, 0.05) is 38.2 Å². The molecule has 1 amide bonds. The summed E-state index contributed by atoms with van der Waals surface area (Å²) in [6.07, 6.45) is 3.29. The molecule has 0 fully saturated rings. The summed E-state index contributed by atoms with van der Waals surface area (Å²) in [4.78, 5) is 14.5. The molecule has 24 heavy (non-hydrogen) atoms. The van der Waals surface area contributed by atoms with E-state index in [4.69, 9.17) is 9.47 Å². The summed E-state index contributed by atoms with van der Waals surface area (Å²) in [5.74, 6) is 2.50. The summed E-state index contributed by atoms with van der Waals surface area (Å²) in [6, 6.07) is 5.64. The fraction of sp³-hybridized carbons (Fsp3) is 0.471. The van der Waals surface area contributed by atoms with Crippen LogP contribution < -0.4 is 9.47 Å². The van der Waals surface area contributed by atoms with Gasteiger partial charge < -0.3 is 18.9 Å². The van der Waals surface area contributed by atoms with Crippen molar-refractivity contribution < 1.29 is 14.3 Å². The molecule has 2 heterocycles. The van der Waals surface area contributed by atoms with Crippen LogP contribution in [0.3, 0.4) is 0 Å². The molecule has 0 saturated heterocycles. The van der Waals surface area contributed by atoms with Crippen molar-refractivity contribution in [3.8, 4) is 11.5 Å². The highest BCUT2D eigenvalue weighted by molar-refractivity contribution is 5.78. The van der Waals surface area contributed by atoms with Gasteiger partial charge in [-0.2, -0.15) is 0 Å². The minimum atomic E-state index is -0.0391. The lowest BCUT2D eigenvalue weighted by Gasteiger charge is -2.27. The van der Waals surface area contributed by atoms with Gasteiger partial charge in [0.2, 0.25) is 5.91 Å². The molecule has 0 N–H and O–H groups in total. The second kappa shape index (κ2) is 6.90. The van der Waals surface area contributed by atoms with Crippen molar-refractivity contribution >= 4 is 5.91 Å². The van der Waals surface area contributed by atoms with E-state index in [1.165, 1.54) is 0 Å². The van der Waals surface area contributed by atoms with E-state index >= 15 is 0 Å². The van der Waals surface area contributed by atoms with Crippen LogP contribution in [0.4, 0.5) is 0 Å². The molecule has 3 rings (SSSR count). The molecule has 1 aliphatic rings. The number of hydrogen-bond donors (Lipinski definition) is 0. The minimum absolute atomic E-state index is 0.0391. The molecule has 1 unspecified atom stereocenters. The Kier molecular flexibility index (Phi) is 4.69. The molecule has 1 aromatic heterocycles. The van der Waals surface area contributed by atoms with Crippen molar-refractivity contribution in [1.82, 2.24) is 19.7 Å². The van der Waals surface area contributed by atoms with Crippen molar-refractivity contribution in [2.24, 2.45) is 5.92 Å². The van der Waals surface area contributed by atoms with Gasteiger partial charge in [-0.3, -0.25) is 4.79 Å². The number of benzene rings is 1. The van der Waals surface area contributed by atoms with Gasteiger partial charge in [-0.25, -0.2) is 0 Å². The maximum absolute atomic E-state index is 12.8. The lowest BCUT2D eigenvalue weighted by Crippen LogP contribution is -2.37. The predicted octanol–water partition coefficient (Wildman–Crippen LogP) is 1.52. The Morgan fingerprint density at radius 2 is 2.21 bits per heavy atom. The molecule has 0 bridgehead atoms. The zero-order chi connectivity index (χ0) is 17.1. The Balaban J connectivity index is 1.69. The van der Waals surface area contributed by atoms with E-state index < -0.39 is 0 Å². The van der Waals surface area contributed by atoms with Crippen LogP contribution in [0.15, 0.2) is 24.5 Å². The number of rotatable bonds is 5. The number of methoxy groups -OCH3 is 2. The molecular weight excluding hydrogens is 308 g/mol. The summed E-state index contributed by atoms with van der Waals surface area (Å²) in [5, 5.41) is 7.97. The highest BCUT2D eigenvalue weighted by atomic mass is 16.5. The molecule has 1 atom stereocenters. The van der Waals surface area contributed by atoms with Crippen LogP contribution in [0.25, 0.3) is 0 Å². The molecule has 1 aliphatic heterocycles. The first-order valence-corrected chi connectivity index (χ1v) is 7.95. The van der Waals surface area contributed by atoms with E-state index in [1.54, 1.807) is 25.4 Å². The number of carbonyl (C=O) groups excluding carboxylic acids is 1. The molecule has 2 aromatic rings. The molecule has 128 valence electrons. The Hall–Kier alpha value is -2.57. The van der Waals surface area contributed by atoms with Gasteiger partial charge >= 0.3 is 0 Å². The number of ether oxygens (including phenoxy) is 2. The fourth-order valence-corrected chi connectivity index (χ4v) is 3.09. The zero-order valence-electron chi connectivity index (χ0n) is 14.2. The van der Waals surface area contributed by atoms with Gasteiger partial charge in [-0.1, -0.05) is 0 Å². The van der Waals surface area contributed by atoms with Gasteiger partial charge in [0.1, 0.15) is 23.7 Å².